The molecule has 0 aromatic heterocycles. The number of carbonyl (C=O) groups excluding carboxylic acids is 2. The minimum atomic E-state index is -0.328. The second-order valence-corrected chi connectivity index (χ2v) is 5.92. The van der Waals surface area contributed by atoms with Gasteiger partial charge in [0.15, 0.2) is 0 Å². The summed E-state index contributed by atoms with van der Waals surface area (Å²) in [5, 5.41) is 6.35. The van der Waals surface area contributed by atoms with Crippen LogP contribution in [0.4, 0.5) is 11.4 Å². The van der Waals surface area contributed by atoms with Crippen LogP contribution in [0.3, 0.4) is 0 Å². The Bertz CT molecular complexity index is 740. The van der Waals surface area contributed by atoms with Gasteiger partial charge in [-0.1, -0.05) is 36.2 Å². The van der Waals surface area contributed by atoms with Gasteiger partial charge in [-0.3, -0.25) is 9.59 Å². The number of benzene rings is 2. The normalized spacial score (nSPS) is 10.3. The Balaban J connectivity index is 2.20. The number of carbonyl (C=O) groups is 2. The van der Waals surface area contributed by atoms with Crippen molar-refractivity contribution in [1.29, 1.82) is 0 Å². The lowest BCUT2D eigenvalue weighted by molar-refractivity contribution is -0.115. The molecule has 2 aromatic carbocycles. The lowest BCUT2D eigenvalue weighted by Gasteiger charge is -2.11. The van der Waals surface area contributed by atoms with Gasteiger partial charge in [0, 0.05) is 33.4 Å². The summed E-state index contributed by atoms with van der Waals surface area (Å²) in [7, 11) is 0. The van der Waals surface area contributed by atoms with Gasteiger partial charge in [-0.25, -0.2) is 0 Å². The number of aryl methyl sites for hydroxylation is 1. The highest BCUT2D eigenvalue weighted by atomic mass is 35.5. The Morgan fingerprint density at radius 2 is 1.65 bits per heavy atom. The van der Waals surface area contributed by atoms with Crippen LogP contribution in [0.1, 0.15) is 29.3 Å². The molecule has 2 N–H and O–H groups in total. The smallest absolute Gasteiger partial charge is 0.255 e. The standard InChI is InChI=1S/C17H16Cl2N2O2/c1-3-16(22)21-15-9-14(5-4-10(15)2)20-17(23)11-6-12(18)8-13(19)7-11/h4-9H,3H2,1-2H3,(H,20,23)(H,21,22). The molecule has 2 amide bonds. The molecule has 0 spiro atoms. The first-order valence-electron chi connectivity index (χ1n) is 7.07. The number of amides is 2. The molecule has 0 unspecified atom stereocenters. The summed E-state index contributed by atoms with van der Waals surface area (Å²) in [5.41, 5.74) is 2.51. The molecule has 0 atom stereocenters. The molecule has 0 aliphatic heterocycles. The molecule has 0 aliphatic rings. The van der Waals surface area contributed by atoms with Crippen LogP contribution in [0.5, 0.6) is 0 Å². The summed E-state index contributed by atoms with van der Waals surface area (Å²) >= 11 is 11.8. The van der Waals surface area contributed by atoms with Gasteiger partial charge in [-0.15, -0.1) is 0 Å². The van der Waals surface area contributed by atoms with E-state index in [2.05, 4.69) is 10.6 Å². The van der Waals surface area contributed by atoms with Gasteiger partial charge < -0.3 is 10.6 Å². The van der Waals surface area contributed by atoms with E-state index in [1.807, 2.05) is 13.0 Å². The number of hydrogen-bond donors (Lipinski definition) is 2. The topological polar surface area (TPSA) is 58.2 Å². The van der Waals surface area contributed by atoms with E-state index in [0.717, 1.165) is 5.56 Å². The third-order valence-electron chi connectivity index (χ3n) is 3.22. The fraction of sp³-hybridized carbons (Fsp3) is 0.176. The van der Waals surface area contributed by atoms with E-state index in [-0.39, 0.29) is 11.8 Å². The predicted molar refractivity (Wildman–Crippen MR) is 94.5 cm³/mol. The third-order valence-corrected chi connectivity index (χ3v) is 3.65. The van der Waals surface area contributed by atoms with Gasteiger partial charge in [0.25, 0.3) is 5.91 Å². The second-order valence-electron chi connectivity index (χ2n) is 5.04. The van der Waals surface area contributed by atoms with Gasteiger partial charge in [-0.2, -0.15) is 0 Å². The fourth-order valence-electron chi connectivity index (χ4n) is 1.96. The number of anilines is 2. The lowest BCUT2D eigenvalue weighted by Crippen LogP contribution is -2.14. The molecule has 0 heterocycles. The van der Waals surface area contributed by atoms with E-state index in [9.17, 15) is 9.59 Å². The van der Waals surface area contributed by atoms with Gasteiger partial charge in [0.2, 0.25) is 5.91 Å². The molecule has 6 heteroatoms. The maximum Gasteiger partial charge on any atom is 0.255 e. The molecule has 0 bridgehead atoms. The van der Waals surface area contributed by atoms with Crippen LogP contribution in [-0.4, -0.2) is 11.8 Å². The lowest BCUT2D eigenvalue weighted by atomic mass is 10.1. The molecule has 0 fully saturated rings. The molecule has 4 nitrogen and oxygen atoms in total. The molecule has 2 rings (SSSR count). The first kappa shape index (κ1) is 17.3. The Labute approximate surface area is 144 Å². The van der Waals surface area contributed by atoms with Crippen molar-refractivity contribution in [1.82, 2.24) is 0 Å². The molecular weight excluding hydrogens is 335 g/mol. The van der Waals surface area contributed by atoms with Crippen LogP contribution < -0.4 is 10.6 Å². The van der Waals surface area contributed by atoms with Gasteiger partial charge in [0.05, 0.1) is 0 Å². The van der Waals surface area contributed by atoms with Crippen LogP contribution in [0, 0.1) is 6.92 Å². The number of hydrogen-bond acceptors (Lipinski definition) is 2. The zero-order chi connectivity index (χ0) is 17.0. The van der Waals surface area contributed by atoms with E-state index in [1.165, 1.54) is 12.1 Å². The van der Waals surface area contributed by atoms with E-state index >= 15 is 0 Å². The molecule has 0 radical (unpaired) electrons. The molecule has 2 aromatic rings. The Morgan fingerprint density at radius 3 is 2.26 bits per heavy atom. The van der Waals surface area contributed by atoms with E-state index in [1.54, 1.807) is 25.1 Å². The zero-order valence-electron chi connectivity index (χ0n) is 12.7. The van der Waals surface area contributed by atoms with Gasteiger partial charge in [0.1, 0.15) is 0 Å². The first-order chi connectivity index (χ1) is 10.9. The summed E-state index contributed by atoms with van der Waals surface area (Å²) < 4.78 is 0. The van der Waals surface area contributed by atoms with Gasteiger partial charge >= 0.3 is 0 Å². The molecule has 0 saturated carbocycles. The van der Waals surface area contributed by atoms with E-state index in [0.29, 0.717) is 33.4 Å². The molecule has 23 heavy (non-hydrogen) atoms. The van der Waals surface area contributed by atoms with E-state index < -0.39 is 0 Å². The van der Waals surface area contributed by atoms with Crippen molar-refractivity contribution in [3.8, 4) is 0 Å². The van der Waals surface area contributed by atoms with Crippen molar-refractivity contribution in [3.63, 3.8) is 0 Å². The summed E-state index contributed by atoms with van der Waals surface area (Å²) in [6.07, 6.45) is 0.386. The van der Waals surface area contributed by atoms with E-state index in [4.69, 9.17) is 23.2 Å². The number of rotatable bonds is 4. The molecule has 0 aliphatic carbocycles. The Kier molecular flexibility index (Phi) is 5.64. The monoisotopic (exact) mass is 350 g/mol. The highest BCUT2D eigenvalue weighted by Gasteiger charge is 2.10. The zero-order valence-corrected chi connectivity index (χ0v) is 14.3. The van der Waals surface area contributed by atoms with Crippen molar-refractivity contribution >= 4 is 46.4 Å². The largest absolute Gasteiger partial charge is 0.326 e. The summed E-state index contributed by atoms with van der Waals surface area (Å²) in [6.45, 7) is 3.66. The van der Waals surface area contributed by atoms with Crippen LogP contribution in [0.2, 0.25) is 10.0 Å². The average Bonchev–Trinajstić information content (AvgIpc) is 2.49. The van der Waals surface area contributed by atoms with Crippen LogP contribution in [0.15, 0.2) is 36.4 Å². The van der Waals surface area contributed by atoms with Crippen molar-refractivity contribution in [2.24, 2.45) is 0 Å². The average molecular weight is 351 g/mol. The molecular formula is C17H16Cl2N2O2. The summed E-state index contributed by atoms with van der Waals surface area (Å²) in [5.74, 6) is -0.413. The number of nitrogens with one attached hydrogen (secondary N) is 2. The quantitative estimate of drug-likeness (QED) is 0.823. The van der Waals surface area contributed by atoms with Gasteiger partial charge in [-0.05, 0) is 42.8 Å². The Morgan fingerprint density at radius 1 is 1.00 bits per heavy atom. The maximum absolute atomic E-state index is 12.3. The minimum absolute atomic E-state index is 0.0850. The van der Waals surface area contributed by atoms with Crippen molar-refractivity contribution in [2.45, 2.75) is 20.3 Å². The maximum atomic E-state index is 12.3. The predicted octanol–water partition coefficient (Wildman–Crippen LogP) is 4.90. The SMILES string of the molecule is CCC(=O)Nc1cc(NC(=O)c2cc(Cl)cc(Cl)c2)ccc1C. The van der Waals surface area contributed by atoms with Crippen molar-refractivity contribution in [3.05, 3.63) is 57.6 Å². The summed E-state index contributed by atoms with van der Waals surface area (Å²) in [4.78, 5) is 23.8. The first-order valence-corrected chi connectivity index (χ1v) is 7.82. The van der Waals surface area contributed by atoms with Crippen molar-refractivity contribution < 1.29 is 9.59 Å². The highest BCUT2D eigenvalue weighted by molar-refractivity contribution is 6.35. The van der Waals surface area contributed by atoms with Crippen LogP contribution in [0.25, 0.3) is 0 Å². The van der Waals surface area contributed by atoms with Crippen LogP contribution in [-0.2, 0) is 4.79 Å². The highest BCUT2D eigenvalue weighted by Crippen LogP contribution is 2.23. The Hall–Kier alpha value is -2.04. The second kappa shape index (κ2) is 7.49. The minimum Gasteiger partial charge on any atom is -0.326 e. The molecule has 120 valence electrons. The third kappa shape index (κ3) is 4.71. The van der Waals surface area contributed by atoms with Crippen LogP contribution >= 0.6 is 23.2 Å². The van der Waals surface area contributed by atoms with Crippen molar-refractivity contribution in [2.75, 3.05) is 10.6 Å². The fourth-order valence-corrected chi connectivity index (χ4v) is 2.49. The number of halogens is 2. The molecule has 0 saturated heterocycles. The summed E-state index contributed by atoms with van der Waals surface area (Å²) in [6, 6.07) is 9.94.